The summed E-state index contributed by atoms with van der Waals surface area (Å²) in [7, 11) is 0. The fourth-order valence-electron chi connectivity index (χ4n) is 2.54. The third-order valence-electron chi connectivity index (χ3n) is 3.77. The lowest BCUT2D eigenvalue weighted by Gasteiger charge is -2.12. The van der Waals surface area contributed by atoms with E-state index in [2.05, 4.69) is 27.0 Å². The highest BCUT2D eigenvalue weighted by Crippen LogP contribution is 2.34. The first-order chi connectivity index (χ1) is 12.5. The van der Waals surface area contributed by atoms with E-state index in [0.717, 1.165) is 11.1 Å². The summed E-state index contributed by atoms with van der Waals surface area (Å²) < 4.78 is 33.6. The molecule has 7 heteroatoms. The molecule has 1 atom stereocenters. The Morgan fingerprint density at radius 3 is 2.31 bits per heavy atom. The summed E-state index contributed by atoms with van der Waals surface area (Å²) in [5.41, 5.74) is 3.94. The van der Waals surface area contributed by atoms with Crippen LogP contribution in [0.15, 0.2) is 59.2 Å². The van der Waals surface area contributed by atoms with E-state index >= 15 is 0 Å². The van der Waals surface area contributed by atoms with Crippen LogP contribution in [0, 0.1) is 17.1 Å². The van der Waals surface area contributed by atoms with Crippen LogP contribution >= 0.6 is 15.9 Å². The van der Waals surface area contributed by atoms with Crippen LogP contribution in [0.25, 0.3) is 22.4 Å². The fourth-order valence-corrected chi connectivity index (χ4v) is 3.40. The second-order valence-corrected chi connectivity index (χ2v) is 7.19. The van der Waals surface area contributed by atoms with Crippen LogP contribution in [0.4, 0.5) is 4.39 Å². The highest BCUT2D eigenvalue weighted by molar-refractivity contribution is 9.10. The van der Waals surface area contributed by atoms with Gasteiger partial charge in [0.15, 0.2) is 11.1 Å². The number of rotatable bonds is 4. The van der Waals surface area contributed by atoms with Crippen molar-refractivity contribution in [1.29, 1.82) is 5.26 Å². The van der Waals surface area contributed by atoms with Crippen LogP contribution in [-0.2, 0) is 16.8 Å². The average molecular weight is 431 g/mol. The molecule has 1 N–H and O–H groups in total. The van der Waals surface area contributed by atoms with Crippen molar-refractivity contribution in [3.8, 4) is 28.5 Å². The molecule has 0 saturated heterocycles. The van der Waals surface area contributed by atoms with Crippen molar-refractivity contribution < 1.29 is 13.2 Å². The molecule has 0 amide bonds. The predicted octanol–water partition coefficient (Wildman–Crippen LogP) is 4.91. The number of aromatic nitrogens is 1. The molecule has 1 aromatic heterocycles. The van der Waals surface area contributed by atoms with Gasteiger partial charge in [-0.2, -0.15) is 5.26 Å². The molecule has 0 spiro atoms. The van der Waals surface area contributed by atoms with Crippen LogP contribution < -0.4 is 0 Å². The molecule has 0 saturated carbocycles. The van der Waals surface area contributed by atoms with Crippen molar-refractivity contribution in [1.82, 2.24) is 4.98 Å². The number of pyridine rings is 1. The third-order valence-corrected chi connectivity index (χ3v) is 4.95. The number of benzene rings is 2. The zero-order valence-electron chi connectivity index (χ0n) is 13.3. The number of nitrogens with zero attached hydrogens (tertiary/aromatic N) is 2. The Morgan fingerprint density at radius 1 is 1.12 bits per heavy atom. The molecule has 0 aliphatic rings. The van der Waals surface area contributed by atoms with Crippen LogP contribution in [-0.4, -0.2) is 13.7 Å². The molecular weight excluding hydrogens is 419 g/mol. The van der Waals surface area contributed by atoms with E-state index in [-0.39, 0.29) is 11.6 Å². The van der Waals surface area contributed by atoms with Gasteiger partial charge in [0.1, 0.15) is 16.5 Å². The van der Waals surface area contributed by atoms with Gasteiger partial charge >= 0.3 is 0 Å². The molecule has 26 heavy (non-hydrogen) atoms. The molecule has 1 unspecified atom stereocenters. The smallest absolute Gasteiger partial charge is 0.157 e. The maximum Gasteiger partial charge on any atom is 0.157 e. The molecular formula is C19H12BrFN2O2S. The summed E-state index contributed by atoms with van der Waals surface area (Å²) >= 11 is 1.39. The molecule has 4 nitrogen and oxygen atoms in total. The second-order valence-electron chi connectivity index (χ2n) is 5.50. The van der Waals surface area contributed by atoms with Crippen LogP contribution in [0.3, 0.4) is 0 Å². The summed E-state index contributed by atoms with van der Waals surface area (Å²) in [6, 6.07) is 16.9. The van der Waals surface area contributed by atoms with Crippen molar-refractivity contribution in [3.63, 3.8) is 0 Å². The Kier molecular flexibility index (Phi) is 5.57. The Balaban J connectivity index is 2.14. The summed E-state index contributed by atoms with van der Waals surface area (Å²) in [5, 5.41) is 9.30. The number of nitriles is 1. The van der Waals surface area contributed by atoms with E-state index in [1.807, 2.05) is 0 Å². The van der Waals surface area contributed by atoms with Gasteiger partial charge in [-0.05, 0) is 57.4 Å². The largest absolute Gasteiger partial charge is 0.306 e. The van der Waals surface area contributed by atoms with Crippen LogP contribution in [0.5, 0.6) is 0 Å². The first kappa shape index (κ1) is 18.4. The topological polar surface area (TPSA) is 74.0 Å². The monoisotopic (exact) mass is 430 g/mol. The Bertz CT molecular complexity index is 1020. The SMILES string of the molecule is N#Cc1cc(-c2ccc(CS(=O)O)cc2)c(-c2ccc(F)cc2)nc1Br. The molecule has 0 aliphatic carbocycles. The van der Waals surface area contributed by atoms with Crippen molar-refractivity contribution in [2.45, 2.75) is 5.75 Å². The van der Waals surface area contributed by atoms with Crippen molar-refractivity contribution >= 4 is 27.0 Å². The van der Waals surface area contributed by atoms with E-state index in [4.69, 9.17) is 4.55 Å². The first-order valence-corrected chi connectivity index (χ1v) is 9.58. The van der Waals surface area contributed by atoms with E-state index in [9.17, 15) is 13.9 Å². The van der Waals surface area contributed by atoms with Gasteiger partial charge in [-0.3, -0.25) is 0 Å². The highest BCUT2D eigenvalue weighted by Gasteiger charge is 2.14. The first-order valence-electron chi connectivity index (χ1n) is 7.51. The van der Waals surface area contributed by atoms with E-state index in [1.165, 1.54) is 12.1 Å². The van der Waals surface area contributed by atoms with E-state index < -0.39 is 11.1 Å². The predicted molar refractivity (Wildman–Crippen MR) is 102 cm³/mol. The number of halogens is 2. The zero-order chi connectivity index (χ0) is 18.7. The normalized spacial score (nSPS) is 11.8. The van der Waals surface area contributed by atoms with E-state index in [0.29, 0.717) is 27.0 Å². The van der Waals surface area contributed by atoms with Gasteiger partial charge in [-0.1, -0.05) is 24.3 Å². The summed E-state index contributed by atoms with van der Waals surface area (Å²) in [5.74, 6) is -0.294. The Hall–Kier alpha value is -2.40. The lowest BCUT2D eigenvalue weighted by atomic mass is 9.97. The van der Waals surface area contributed by atoms with Gasteiger partial charge in [0.2, 0.25) is 0 Å². The molecule has 1 heterocycles. The van der Waals surface area contributed by atoms with Crippen molar-refractivity contribution in [2.24, 2.45) is 0 Å². The van der Waals surface area contributed by atoms with Gasteiger partial charge in [0.05, 0.1) is 17.0 Å². The van der Waals surface area contributed by atoms with Gasteiger partial charge in [-0.25, -0.2) is 13.6 Å². The van der Waals surface area contributed by atoms with Gasteiger partial charge in [0.25, 0.3) is 0 Å². The maximum absolute atomic E-state index is 13.3. The second kappa shape index (κ2) is 7.87. The molecule has 0 radical (unpaired) electrons. The Labute approximate surface area is 160 Å². The highest BCUT2D eigenvalue weighted by atomic mass is 79.9. The standard InChI is InChI=1S/C19H12BrFN2O2S/c20-19-15(10-22)9-17(13-3-1-12(2-4-13)11-26(24)25)18(23-19)14-5-7-16(21)8-6-14/h1-9H,11H2,(H,24,25). The minimum atomic E-state index is -1.91. The fraction of sp³-hybridized carbons (Fsp3) is 0.0526. The molecule has 2 aromatic carbocycles. The van der Waals surface area contributed by atoms with Crippen molar-refractivity contribution in [2.75, 3.05) is 0 Å². The number of hydrogen-bond acceptors (Lipinski definition) is 3. The molecule has 0 fully saturated rings. The van der Waals surface area contributed by atoms with Gasteiger partial charge in [0, 0.05) is 11.1 Å². The zero-order valence-corrected chi connectivity index (χ0v) is 15.7. The maximum atomic E-state index is 13.3. The molecule has 3 rings (SSSR count). The van der Waals surface area contributed by atoms with Gasteiger partial charge < -0.3 is 4.55 Å². The van der Waals surface area contributed by atoms with Crippen molar-refractivity contribution in [3.05, 3.63) is 76.1 Å². The third kappa shape index (κ3) is 4.05. The average Bonchev–Trinajstić information content (AvgIpc) is 2.62. The van der Waals surface area contributed by atoms with Crippen LogP contribution in [0.2, 0.25) is 0 Å². The summed E-state index contributed by atoms with van der Waals surface area (Å²) in [6.07, 6.45) is 0. The molecule has 0 aliphatic heterocycles. The quantitative estimate of drug-likeness (QED) is 0.471. The van der Waals surface area contributed by atoms with Crippen LogP contribution in [0.1, 0.15) is 11.1 Å². The summed E-state index contributed by atoms with van der Waals surface area (Å²) in [6.45, 7) is 0. The number of hydrogen-bond donors (Lipinski definition) is 1. The minimum Gasteiger partial charge on any atom is -0.306 e. The lowest BCUT2D eigenvalue weighted by Crippen LogP contribution is -1.95. The van der Waals surface area contributed by atoms with E-state index in [1.54, 1.807) is 42.5 Å². The Morgan fingerprint density at radius 2 is 1.73 bits per heavy atom. The molecule has 3 aromatic rings. The van der Waals surface area contributed by atoms with Gasteiger partial charge in [-0.15, -0.1) is 0 Å². The molecule has 0 bridgehead atoms. The lowest BCUT2D eigenvalue weighted by molar-refractivity contribution is 0.563. The minimum absolute atomic E-state index is 0.0487. The summed E-state index contributed by atoms with van der Waals surface area (Å²) in [4.78, 5) is 4.47. The molecule has 130 valence electrons.